The van der Waals surface area contributed by atoms with Gasteiger partial charge in [-0.05, 0) is 30.9 Å². The first-order valence-corrected chi connectivity index (χ1v) is 7.68. The lowest BCUT2D eigenvalue weighted by molar-refractivity contribution is -0.118. The Kier molecular flexibility index (Phi) is 4.99. The molecular weight excluding hydrogens is 264 g/mol. The van der Waals surface area contributed by atoms with Crippen LogP contribution in [0.4, 0.5) is 11.4 Å². The number of anilines is 2. The van der Waals surface area contributed by atoms with Crippen molar-refractivity contribution in [3.63, 3.8) is 0 Å². The number of benzene rings is 1. The number of para-hydroxylation sites is 2. The maximum absolute atomic E-state index is 12.4. The predicted molar refractivity (Wildman–Crippen MR) is 85.5 cm³/mol. The zero-order chi connectivity index (χ0) is 15.4. The molecule has 0 saturated heterocycles. The average Bonchev–Trinajstić information content (AvgIpc) is 2.56. The Morgan fingerprint density at radius 1 is 1.24 bits per heavy atom. The van der Waals surface area contributed by atoms with Gasteiger partial charge in [0.25, 0.3) is 0 Å². The van der Waals surface area contributed by atoms with E-state index in [0.29, 0.717) is 18.9 Å². The largest absolute Gasteiger partial charge is 0.310 e. The highest BCUT2D eigenvalue weighted by Gasteiger charge is 2.27. The van der Waals surface area contributed by atoms with Crippen molar-refractivity contribution in [3.8, 4) is 0 Å². The third kappa shape index (κ3) is 3.63. The summed E-state index contributed by atoms with van der Waals surface area (Å²) in [5.74, 6) is 0.727. The molecule has 1 aromatic carbocycles. The molecule has 1 aromatic rings. The Bertz CT molecular complexity index is 525. The zero-order valence-electron chi connectivity index (χ0n) is 13.1. The van der Waals surface area contributed by atoms with E-state index >= 15 is 0 Å². The van der Waals surface area contributed by atoms with Gasteiger partial charge in [0.2, 0.25) is 11.8 Å². The van der Waals surface area contributed by atoms with Crippen LogP contribution < -0.4 is 9.80 Å². The van der Waals surface area contributed by atoms with E-state index in [4.69, 9.17) is 0 Å². The third-order valence-corrected chi connectivity index (χ3v) is 3.86. The van der Waals surface area contributed by atoms with E-state index in [1.165, 1.54) is 0 Å². The van der Waals surface area contributed by atoms with E-state index in [1.54, 1.807) is 11.8 Å². The molecule has 0 spiro atoms. The molecule has 0 N–H and O–H groups in total. The number of nitrogens with zero attached hydrogens (tertiary/aromatic N) is 2. The SMILES string of the molecule is CC(=O)N1CCC(=O)N(CCCC(C)C)c2ccccc21. The Hall–Kier alpha value is -1.84. The van der Waals surface area contributed by atoms with Crippen LogP contribution in [0.15, 0.2) is 24.3 Å². The van der Waals surface area contributed by atoms with Crippen LogP contribution in [0.3, 0.4) is 0 Å². The molecular formula is C17H24N2O2. The van der Waals surface area contributed by atoms with E-state index in [1.807, 2.05) is 29.2 Å². The molecule has 21 heavy (non-hydrogen) atoms. The first-order valence-electron chi connectivity index (χ1n) is 7.68. The van der Waals surface area contributed by atoms with Crippen molar-refractivity contribution in [2.24, 2.45) is 5.92 Å². The van der Waals surface area contributed by atoms with Crippen molar-refractivity contribution in [1.29, 1.82) is 0 Å². The van der Waals surface area contributed by atoms with Gasteiger partial charge in [-0.15, -0.1) is 0 Å². The van der Waals surface area contributed by atoms with Gasteiger partial charge in [-0.25, -0.2) is 0 Å². The highest BCUT2D eigenvalue weighted by Crippen LogP contribution is 2.33. The van der Waals surface area contributed by atoms with Crippen LogP contribution in [0, 0.1) is 5.92 Å². The Morgan fingerprint density at radius 3 is 2.52 bits per heavy atom. The molecule has 2 amide bonds. The van der Waals surface area contributed by atoms with Gasteiger partial charge in [-0.1, -0.05) is 26.0 Å². The van der Waals surface area contributed by atoms with Crippen molar-refractivity contribution in [1.82, 2.24) is 0 Å². The number of carbonyl (C=O) groups is 2. The van der Waals surface area contributed by atoms with Gasteiger partial charge in [0, 0.05) is 26.4 Å². The van der Waals surface area contributed by atoms with Gasteiger partial charge in [0.15, 0.2) is 0 Å². The monoisotopic (exact) mass is 288 g/mol. The van der Waals surface area contributed by atoms with Gasteiger partial charge in [-0.2, -0.15) is 0 Å². The van der Waals surface area contributed by atoms with Gasteiger partial charge in [0.1, 0.15) is 0 Å². The lowest BCUT2D eigenvalue weighted by Gasteiger charge is -2.25. The zero-order valence-corrected chi connectivity index (χ0v) is 13.1. The van der Waals surface area contributed by atoms with Crippen molar-refractivity contribution >= 4 is 23.2 Å². The quantitative estimate of drug-likeness (QED) is 0.853. The minimum atomic E-state index is -0.0146. The molecule has 0 aromatic heterocycles. The highest BCUT2D eigenvalue weighted by molar-refractivity contribution is 6.04. The Morgan fingerprint density at radius 2 is 1.90 bits per heavy atom. The summed E-state index contributed by atoms with van der Waals surface area (Å²) in [4.78, 5) is 27.8. The van der Waals surface area contributed by atoms with Crippen LogP contribution in [-0.4, -0.2) is 24.9 Å². The molecule has 4 nitrogen and oxygen atoms in total. The summed E-state index contributed by atoms with van der Waals surface area (Å²) in [5, 5.41) is 0. The molecule has 1 heterocycles. The summed E-state index contributed by atoms with van der Waals surface area (Å²) in [5.41, 5.74) is 1.71. The summed E-state index contributed by atoms with van der Waals surface area (Å²) in [6.07, 6.45) is 2.47. The van der Waals surface area contributed by atoms with Gasteiger partial charge < -0.3 is 9.80 Å². The molecule has 0 saturated carbocycles. The molecule has 0 bridgehead atoms. The second-order valence-electron chi connectivity index (χ2n) is 5.99. The van der Waals surface area contributed by atoms with E-state index in [0.717, 1.165) is 30.8 Å². The van der Waals surface area contributed by atoms with Crippen molar-refractivity contribution in [3.05, 3.63) is 24.3 Å². The number of amides is 2. The van der Waals surface area contributed by atoms with E-state index in [9.17, 15) is 9.59 Å². The predicted octanol–water partition coefficient (Wildman–Crippen LogP) is 3.21. The molecule has 0 fully saturated rings. The van der Waals surface area contributed by atoms with Crippen molar-refractivity contribution < 1.29 is 9.59 Å². The molecule has 0 radical (unpaired) electrons. The number of hydrogen-bond acceptors (Lipinski definition) is 2. The van der Waals surface area contributed by atoms with Crippen LogP contribution in [0.1, 0.15) is 40.0 Å². The van der Waals surface area contributed by atoms with E-state index in [2.05, 4.69) is 13.8 Å². The standard InChI is InChI=1S/C17H24N2O2/c1-13(2)7-6-11-19-16-9-5-4-8-15(16)18(14(3)20)12-10-17(19)21/h4-5,8-9,13H,6-7,10-12H2,1-3H3. The van der Waals surface area contributed by atoms with Crippen LogP contribution in [0.25, 0.3) is 0 Å². The first-order chi connectivity index (χ1) is 10.0. The molecule has 0 atom stereocenters. The van der Waals surface area contributed by atoms with Gasteiger partial charge in [-0.3, -0.25) is 9.59 Å². The third-order valence-electron chi connectivity index (χ3n) is 3.86. The molecule has 1 aliphatic rings. The van der Waals surface area contributed by atoms with Gasteiger partial charge >= 0.3 is 0 Å². The number of rotatable bonds is 4. The summed E-state index contributed by atoms with van der Waals surface area (Å²) >= 11 is 0. The summed E-state index contributed by atoms with van der Waals surface area (Å²) < 4.78 is 0. The lowest BCUT2D eigenvalue weighted by atomic mass is 10.1. The fourth-order valence-electron chi connectivity index (χ4n) is 2.75. The molecule has 1 aliphatic heterocycles. The fourth-order valence-corrected chi connectivity index (χ4v) is 2.75. The van der Waals surface area contributed by atoms with Gasteiger partial charge in [0.05, 0.1) is 11.4 Å². The van der Waals surface area contributed by atoms with E-state index in [-0.39, 0.29) is 11.8 Å². The van der Waals surface area contributed by atoms with Crippen molar-refractivity contribution in [2.75, 3.05) is 22.9 Å². The normalized spacial score (nSPS) is 15.1. The number of hydrogen-bond donors (Lipinski definition) is 0. The molecule has 114 valence electrons. The average molecular weight is 288 g/mol. The summed E-state index contributed by atoms with van der Waals surface area (Å²) in [6, 6.07) is 7.69. The molecule has 2 rings (SSSR count). The van der Waals surface area contributed by atoms with Crippen molar-refractivity contribution in [2.45, 2.75) is 40.0 Å². The highest BCUT2D eigenvalue weighted by atomic mass is 16.2. The number of fused-ring (bicyclic) bond motifs is 1. The van der Waals surface area contributed by atoms with Crippen LogP contribution in [0.2, 0.25) is 0 Å². The summed E-state index contributed by atoms with van der Waals surface area (Å²) in [7, 11) is 0. The second-order valence-corrected chi connectivity index (χ2v) is 5.99. The van der Waals surface area contributed by atoms with Crippen LogP contribution >= 0.6 is 0 Å². The molecule has 0 aliphatic carbocycles. The summed E-state index contributed by atoms with van der Waals surface area (Å²) in [6.45, 7) is 7.12. The van der Waals surface area contributed by atoms with E-state index < -0.39 is 0 Å². The maximum atomic E-state index is 12.4. The molecule has 0 unspecified atom stereocenters. The van der Waals surface area contributed by atoms with Crippen LogP contribution in [-0.2, 0) is 9.59 Å². The lowest BCUT2D eigenvalue weighted by Crippen LogP contribution is -2.31. The molecule has 4 heteroatoms. The second kappa shape index (κ2) is 6.74. The fraction of sp³-hybridized carbons (Fsp3) is 0.529. The topological polar surface area (TPSA) is 40.6 Å². The minimum Gasteiger partial charge on any atom is -0.310 e. The van der Waals surface area contributed by atoms with Crippen LogP contribution in [0.5, 0.6) is 0 Å². The maximum Gasteiger partial charge on any atom is 0.228 e. The number of carbonyl (C=O) groups excluding carboxylic acids is 2. The Labute approximate surface area is 126 Å². The minimum absolute atomic E-state index is 0.0146. The Balaban J connectivity index is 2.28. The smallest absolute Gasteiger partial charge is 0.228 e. The first kappa shape index (κ1) is 15.5.